The van der Waals surface area contributed by atoms with E-state index in [0.29, 0.717) is 0 Å². The summed E-state index contributed by atoms with van der Waals surface area (Å²) < 4.78 is 18.8. The first-order chi connectivity index (χ1) is 30.3. The Morgan fingerprint density at radius 3 is 1.39 bits per heavy atom. The lowest BCUT2D eigenvalue weighted by molar-refractivity contribution is -0.00565. The predicted octanol–water partition coefficient (Wildman–Crippen LogP) is 4.15. The zero-order valence-electron chi connectivity index (χ0n) is 32.6. The summed E-state index contributed by atoms with van der Waals surface area (Å²) in [6.45, 7) is 0. The molecule has 0 saturated heterocycles. The molecule has 0 saturated carbocycles. The lowest BCUT2D eigenvalue weighted by Crippen LogP contribution is -2.39. The highest BCUT2D eigenvalue weighted by Gasteiger charge is 2.51. The third-order valence-corrected chi connectivity index (χ3v) is 11.9. The van der Waals surface area contributed by atoms with Gasteiger partial charge in [0.1, 0.15) is 70.1 Å². The van der Waals surface area contributed by atoms with Crippen LogP contribution < -0.4 is 14.2 Å². The summed E-state index contributed by atoms with van der Waals surface area (Å²) in [4.78, 5) is 0. The Bertz CT molecular complexity index is 2870. The van der Waals surface area contributed by atoms with Gasteiger partial charge in [0.15, 0.2) is 52.5 Å². The molecular weight excluding hydrogens is 844 g/mol. The summed E-state index contributed by atoms with van der Waals surface area (Å²) in [5.74, 6) is -13.5. The number of benzene rings is 6. The topological polar surface area (TPSA) is 351 Å². The van der Waals surface area contributed by atoms with Crippen LogP contribution in [0.2, 0.25) is 0 Å². The minimum atomic E-state index is -1.96. The van der Waals surface area contributed by atoms with E-state index in [1.807, 2.05) is 0 Å². The predicted molar refractivity (Wildman–Crippen MR) is 216 cm³/mol. The van der Waals surface area contributed by atoms with Crippen molar-refractivity contribution < 1.29 is 95.9 Å². The van der Waals surface area contributed by atoms with Crippen LogP contribution in [0.1, 0.15) is 74.7 Å². The molecule has 19 nitrogen and oxygen atoms in total. The Morgan fingerprint density at radius 1 is 0.375 bits per heavy atom. The zero-order valence-corrected chi connectivity index (χ0v) is 32.6. The van der Waals surface area contributed by atoms with E-state index in [1.165, 1.54) is 12.1 Å². The van der Waals surface area contributed by atoms with Gasteiger partial charge in [-0.25, -0.2) is 0 Å². The maximum atomic E-state index is 12.5. The molecule has 19 heteroatoms. The standard InChI is InChI=1S/C45H38O19/c46-17-9-24(52)32-31(10-17)62-43(16-7-28(56)38(59)29(57)8-16)39(60)36(32)34-26(54)13-27(55)35-37(40(61)42(64-45(34)35)15-2-4-20(48)23(51)6-15)33-25(53)12-21(49)18-11-30(58)41(63-44(18)33)14-1-3-19(47)22(50)5-14/h1-10,12-13,30,36-37,39-43,46-61H,11H2/t30-,36-,37+,39-,40-,41+,42+,43+/m0/s1. The van der Waals surface area contributed by atoms with Crippen molar-refractivity contribution in [3.05, 3.63) is 117 Å². The quantitative estimate of drug-likeness (QED) is 0.108. The number of fused-ring (bicyclic) bond motifs is 3. The maximum absolute atomic E-state index is 12.5. The SMILES string of the molecule is Oc1cc(O)c2c(c1)O[C@H](c1cc(O)c(O)c(O)c1)[C@@H](O)[C@@H]2c1c(O)cc(O)c2c1O[C@H](c1ccc(O)c(O)c1)[C@@H](O)[C@@H]2c1c(O)cc(O)c2c1O[C@H](c1ccc(O)c(O)c1)[C@@H](O)C2. The van der Waals surface area contributed by atoms with Gasteiger partial charge in [0.25, 0.3) is 0 Å². The molecule has 9 rings (SSSR count). The molecule has 0 unspecified atom stereocenters. The molecule has 0 radical (unpaired) electrons. The third-order valence-electron chi connectivity index (χ3n) is 11.9. The minimum absolute atomic E-state index is 0.0400. The number of hydrogen-bond acceptors (Lipinski definition) is 19. The van der Waals surface area contributed by atoms with Crippen LogP contribution in [0.3, 0.4) is 0 Å². The van der Waals surface area contributed by atoms with Crippen molar-refractivity contribution in [2.45, 2.75) is 54.9 Å². The summed E-state index contributed by atoms with van der Waals surface area (Å²) in [5, 5.41) is 177. The van der Waals surface area contributed by atoms with Gasteiger partial charge in [-0.1, -0.05) is 12.1 Å². The Hall–Kier alpha value is -8.00. The van der Waals surface area contributed by atoms with Crippen molar-refractivity contribution >= 4 is 0 Å². The molecule has 6 aromatic rings. The molecule has 6 aromatic carbocycles. The van der Waals surface area contributed by atoms with E-state index in [9.17, 15) is 81.7 Å². The lowest BCUT2D eigenvalue weighted by atomic mass is 9.73. The van der Waals surface area contributed by atoms with Gasteiger partial charge in [0.05, 0.1) is 17.9 Å². The molecule has 64 heavy (non-hydrogen) atoms. The molecule has 8 atom stereocenters. The van der Waals surface area contributed by atoms with E-state index in [4.69, 9.17) is 14.2 Å². The second-order valence-corrected chi connectivity index (χ2v) is 15.8. The van der Waals surface area contributed by atoms with Crippen LogP contribution in [-0.4, -0.2) is 100 Å². The molecule has 0 fully saturated rings. The molecule has 16 N–H and O–H groups in total. The van der Waals surface area contributed by atoms with Gasteiger partial charge < -0.3 is 95.9 Å². The van der Waals surface area contributed by atoms with E-state index >= 15 is 0 Å². The number of aliphatic hydroxyl groups is 3. The molecule has 332 valence electrons. The first-order valence-electron chi connectivity index (χ1n) is 19.4. The van der Waals surface area contributed by atoms with Crippen molar-refractivity contribution in [3.63, 3.8) is 0 Å². The van der Waals surface area contributed by atoms with E-state index < -0.39 is 140 Å². The molecule has 3 heterocycles. The summed E-state index contributed by atoms with van der Waals surface area (Å²) in [6, 6.07) is 12.5. The van der Waals surface area contributed by atoms with Gasteiger partial charge in [0, 0.05) is 64.1 Å². The molecule has 0 bridgehead atoms. The van der Waals surface area contributed by atoms with Crippen molar-refractivity contribution in [1.82, 2.24) is 0 Å². The van der Waals surface area contributed by atoms with Gasteiger partial charge in [-0.15, -0.1) is 0 Å². The van der Waals surface area contributed by atoms with Gasteiger partial charge in [-0.2, -0.15) is 0 Å². The number of aliphatic hydroxyl groups excluding tert-OH is 3. The number of phenols is 13. The lowest BCUT2D eigenvalue weighted by Gasteiger charge is -2.43. The van der Waals surface area contributed by atoms with Crippen LogP contribution in [-0.2, 0) is 6.42 Å². The smallest absolute Gasteiger partial charge is 0.200 e. The fraction of sp³-hybridized carbons (Fsp3) is 0.200. The van der Waals surface area contributed by atoms with Crippen molar-refractivity contribution in [2.75, 3.05) is 0 Å². The number of aromatic hydroxyl groups is 13. The average Bonchev–Trinajstić information content (AvgIpc) is 3.23. The molecule has 0 amide bonds. The molecule has 3 aliphatic rings. The Morgan fingerprint density at radius 2 is 0.828 bits per heavy atom. The number of ether oxygens (including phenoxy) is 3. The largest absolute Gasteiger partial charge is 0.508 e. The van der Waals surface area contributed by atoms with Crippen LogP contribution in [0, 0.1) is 0 Å². The summed E-state index contributed by atoms with van der Waals surface area (Å²) in [7, 11) is 0. The summed E-state index contributed by atoms with van der Waals surface area (Å²) in [5.41, 5.74) is -1.58. The van der Waals surface area contributed by atoms with E-state index in [0.717, 1.165) is 60.7 Å². The Labute approximate surface area is 359 Å². The molecule has 0 spiro atoms. The zero-order chi connectivity index (χ0) is 45.8. The van der Waals surface area contributed by atoms with Crippen LogP contribution >= 0.6 is 0 Å². The average molecular weight is 883 g/mol. The molecular formula is C45H38O19. The van der Waals surface area contributed by atoms with Gasteiger partial charge >= 0.3 is 0 Å². The molecule has 0 aliphatic carbocycles. The fourth-order valence-electron chi connectivity index (χ4n) is 9.01. The van der Waals surface area contributed by atoms with Gasteiger partial charge in [-0.3, -0.25) is 0 Å². The van der Waals surface area contributed by atoms with Crippen molar-refractivity contribution in [3.8, 4) is 92.0 Å². The van der Waals surface area contributed by atoms with E-state index in [1.54, 1.807) is 0 Å². The van der Waals surface area contributed by atoms with Crippen LogP contribution in [0.25, 0.3) is 0 Å². The monoisotopic (exact) mass is 882 g/mol. The molecule has 0 aromatic heterocycles. The Balaban J connectivity index is 1.31. The number of hydrogen-bond donors (Lipinski definition) is 16. The highest BCUT2D eigenvalue weighted by atomic mass is 16.5. The Kier molecular flexibility index (Phi) is 9.58. The van der Waals surface area contributed by atoms with Crippen LogP contribution in [0.15, 0.2) is 72.8 Å². The van der Waals surface area contributed by atoms with E-state index in [2.05, 4.69) is 0 Å². The van der Waals surface area contributed by atoms with Crippen molar-refractivity contribution in [1.29, 1.82) is 0 Å². The van der Waals surface area contributed by atoms with Crippen molar-refractivity contribution in [2.24, 2.45) is 0 Å². The number of rotatable bonds is 5. The number of phenolic OH excluding ortho intramolecular Hbond substituents is 13. The first-order valence-corrected chi connectivity index (χ1v) is 19.4. The third kappa shape index (κ3) is 6.40. The van der Waals surface area contributed by atoms with Gasteiger partial charge in [-0.05, 0) is 47.5 Å². The second kappa shape index (κ2) is 14.8. The van der Waals surface area contributed by atoms with Crippen LogP contribution in [0.5, 0.6) is 92.0 Å². The minimum Gasteiger partial charge on any atom is -0.508 e. The highest BCUT2D eigenvalue weighted by Crippen LogP contribution is 2.62. The van der Waals surface area contributed by atoms with Gasteiger partial charge in [0.2, 0.25) is 0 Å². The first kappa shape index (κ1) is 41.4. The maximum Gasteiger partial charge on any atom is 0.200 e. The highest BCUT2D eigenvalue weighted by molar-refractivity contribution is 5.71. The second-order valence-electron chi connectivity index (χ2n) is 15.8. The van der Waals surface area contributed by atoms with Crippen LogP contribution in [0.4, 0.5) is 0 Å². The normalized spacial score (nSPS) is 23.4. The van der Waals surface area contributed by atoms with E-state index in [-0.39, 0.29) is 51.3 Å². The molecule has 3 aliphatic heterocycles. The summed E-state index contributed by atoms with van der Waals surface area (Å²) >= 11 is 0. The fourth-order valence-corrected chi connectivity index (χ4v) is 9.01. The summed E-state index contributed by atoms with van der Waals surface area (Å²) in [6.07, 6.45) is -10.3.